The summed E-state index contributed by atoms with van der Waals surface area (Å²) in [5.41, 5.74) is 2.45. The lowest BCUT2D eigenvalue weighted by Crippen LogP contribution is -2.13. The zero-order chi connectivity index (χ0) is 11.8. The van der Waals surface area contributed by atoms with Crippen LogP contribution in [0.4, 0.5) is 0 Å². The van der Waals surface area contributed by atoms with Gasteiger partial charge < -0.3 is 4.74 Å². The number of allylic oxidation sites excluding steroid dienone is 2. The van der Waals surface area contributed by atoms with Gasteiger partial charge in [0.15, 0.2) is 0 Å². The summed E-state index contributed by atoms with van der Waals surface area (Å²) in [4.78, 5) is 0. The summed E-state index contributed by atoms with van der Waals surface area (Å²) in [6.45, 7) is 8.59. The molecule has 0 aliphatic carbocycles. The average molecular weight is 216 g/mol. The molecule has 0 heterocycles. The van der Waals surface area contributed by atoms with Crippen LogP contribution in [0.25, 0.3) is 0 Å². The van der Waals surface area contributed by atoms with Crippen LogP contribution >= 0.6 is 0 Å². The maximum atomic E-state index is 5.88. The number of ether oxygens (including phenoxy) is 1. The third kappa shape index (κ3) is 4.03. The molecule has 0 aromatic heterocycles. The van der Waals surface area contributed by atoms with Crippen molar-refractivity contribution in [2.75, 3.05) is 0 Å². The Hall–Kier alpha value is -1.34. The van der Waals surface area contributed by atoms with Crippen molar-refractivity contribution in [1.29, 1.82) is 0 Å². The minimum atomic E-state index is 0.193. The van der Waals surface area contributed by atoms with E-state index in [2.05, 4.69) is 32.6 Å². The summed E-state index contributed by atoms with van der Waals surface area (Å²) in [6.07, 6.45) is 5.00. The predicted octanol–water partition coefficient (Wildman–Crippen LogP) is 4.11. The van der Waals surface area contributed by atoms with Crippen molar-refractivity contribution < 1.29 is 4.74 Å². The lowest BCUT2D eigenvalue weighted by molar-refractivity contribution is 0.0621. The van der Waals surface area contributed by atoms with Crippen LogP contribution in [-0.2, 0) is 11.3 Å². The van der Waals surface area contributed by atoms with E-state index >= 15 is 0 Å². The lowest BCUT2D eigenvalue weighted by atomic mass is 10.1. The highest BCUT2D eigenvalue weighted by molar-refractivity contribution is 5.15. The van der Waals surface area contributed by atoms with E-state index in [1.54, 1.807) is 0 Å². The first-order valence-corrected chi connectivity index (χ1v) is 5.72. The Balaban J connectivity index is 2.52. The van der Waals surface area contributed by atoms with Gasteiger partial charge in [0.1, 0.15) is 0 Å². The summed E-state index contributed by atoms with van der Waals surface area (Å²) in [6, 6.07) is 10.3. The van der Waals surface area contributed by atoms with Gasteiger partial charge in [-0.15, -0.1) is 0 Å². The van der Waals surface area contributed by atoms with Crippen LogP contribution in [0.15, 0.2) is 54.6 Å². The van der Waals surface area contributed by atoms with Crippen molar-refractivity contribution in [2.45, 2.75) is 33.0 Å². The first-order valence-electron chi connectivity index (χ1n) is 5.72. The molecular weight excluding hydrogens is 196 g/mol. The second kappa shape index (κ2) is 7.02. The van der Waals surface area contributed by atoms with Gasteiger partial charge in [-0.3, -0.25) is 0 Å². The maximum absolute atomic E-state index is 5.88. The number of benzene rings is 1. The van der Waals surface area contributed by atoms with E-state index < -0.39 is 0 Å². The number of hydrogen-bond acceptors (Lipinski definition) is 1. The van der Waals surface area contributed by atoms with Crippen LogP contribution in [0.5, 0.6) is 0 Å². The van der Waals surface area contributed by atoms with E-state index in [-0.39, 0.29) is 6.10 Å². The Morgan fingerprint density at radius 3 is 2.62 bits per heavy atom. The molecule has 0 bridgehead atoms. The van der Waals surface area contributed by atoms with Crippen molar-refractivity contribution in [1.82, 2.24) is 0 Å². The van der Waals surface area contributed by atoms with Crippen LogP contribution in [-0.4, -0.2) is 6.10 Å². The maximum Gasteiger partial charge on any atom is 0.0787 e. The molecule has 1 atom stereocenters. The van der Waals surface area contributed by atoms with E-state index in [0.717, 1.165) is 6.42 Å². The minimum absolute atomic E-state index is 0.193. The summed E-state index contributed by atoms with van der Waals surface area (Å²) in [7, 11) is 0. The molecule has 0 fully saturated rings. The fourth-order valence-electron chi connectivity index (χ4n) is 1.64. The molecule has 0 spiro atoms. The van der Waals surface area contributed by atoms with Crippen molar-refractivity contribution in [2.24, 2.45) is 0 Å². The van der Waals surface area contributed by atoms with E-state index in [1.165, 1.54) is 11.1 Å². The van der Waals surface area contributed by atoms with Gasteiger partial charge in [0, 0.05) is 0 Å². The molecule has 0 saturated heterocycles. The SMILES string of the molecule is C=CC=C(C)C(CC)OCc1ccccc1. The molecule has 1 unspecified atom stereocenters. The van der Waals surface area contributed by atoms with Gasteiger partial charge in [0.25, 0.3) is 0 Å². The van der Waals surface area contributed by atoms with Gasteiger partial charge >= 0.3 is 0 Å². The minimum Gasteiger partial charge on any atom is -0.369 e. The number of hydrogen-bond donors (Lipinski definition) is 0. The highest BCUT2D eigenvalue weighted by atomic mass is 16.5. The zero-order valence-corrected chi connectivity index (χ0v) is 10.1. The van der Waals surface area contributed by atoms with Gasteiger partial charge in [0.05, 0.1) is 12.7 Å². The van der Waals surface area contributed by atoms with Crippen LogP contribution in [0.2, 0.25) is 0 Å². The molecule has 0 saturated carbocycles. The van der Waals surface area contributed by atoms with Crippen molar-refractivity contribution >= 4 is 0 Å². The summed E-state index contributed by atoms with van der Waals surface area (Å²) in [5, 5.41) is 0. The molecule has 1 nitrogen and oxygen atoms in total. The largest absolute Gasteiger partial charge is 0.369 e. The lowest BCUT2D eigenvalue weighted by Gasteiger charge is -2.16. The molecule has 1 aromatic carbocycles. The Kier molecular flexibility index (Phi) is 5.58. The smallest absolute Gasteiger partial charge is 0.0787 e. The molecule has 0 N–H and O–H groups in total. The third-order valence-corrected chi connectivity index (χ3v) is 2.55. The molecular formula is C15H20O. The van der Waals surface area contributed by atoms with Crippen LogP contribution in [0.3, 0.4) is 0 Å². The van der Waals surface area contributed by atoms with E-state index in [1.807, 2.05) is 30.4 Å². The Morgan fingerprint density at radius 1 is 1.38 bits per heavy atom. The summed E-state index contributed by atoms with van der Waals surface area (Å²) >= 11 is 0. The van der Waals surface area contributed by atoms with E-state index in [4.69, 9.17) is 4.74 Å². The Labute approximate surface area is 98.5 Å². The molecule has 0 aliphatic rings. The first kappa shape index (κ1) is 12.7. The molecule has 86 valence electrons. The molecule has 0 aliphatic heterocycles. The topological polar surface area (TPSA) is 9.23 Å². The monoisotopic (exact) mass is 216 g/mol. The van der Waals surface area contributed by atoms with Gasteiger partial charge in [-0.2, -0.15) is 0 Å². The average Bonchev–Trinajstić information content (AvgIpc) is 2.31. The fraction of sp³-hybridized carbons (Fsp3) is 0.333. The first-order chi connectivity index (χ1) is 7.77. The Bertz CT molecular complexity index is 338. The summed E-state index contributed by atoms with van der Waals surface area (Å²) < 4.78 is 5.88. The third-order valence-electron chi connectivity index (χ3n) is 2.55. The molecule has 0 radical (unpaired) electrons. The molecule has 1 rings (SSSR count). The van der Waals surface area contributed by atoms with E-state index in [9.17, 15) is 0 Å². The second-order valence-electron chi connectivity index (χ2n) is 3.84. The molecule has 1 heteroatoms. The van der Waals surface area contributed by atoms with Gasteiger partial charge in [-0.05, 0) is 24.5 Å². The number of rotatable bonds is 6. The quantitative estimate of drug-likeness (QED) is 0.650. The fourth-order valence-corrected chi connectivity index (χ4v) is 1.64. The van der Waals surface area contributed by atoms with Crippen LogP contribution in [0, 0.1) is 0 Å². The zero-order valence-electron chi connectivity index (χ0n) is 10.1. The Morgan fingerprint density at radius 2 is 2.06 bits per heavy atom. The molecule has 1 aromatic rings. The van der Waals surface area contributed by atoms with Crippen LogP contribution < -0.4 is 0 Å². The van der Waals surface area contributed by atoms with Crippen LogP contribution in [0.1, 0.15) is 25.8 Å². The van der Waals surface area contributed by atoms with Crippen molar-refractivity contribution in [3.05, 3.63) is 60.2 Å². The van der Waals surface area contributed by atoms with Gasteiger partial charge in [0.2, 0.25) is 0 Å². The standard InChI is InChI=1S/C15H20O/c1-4-9-13(3)15(5-2)16-12-14-10-7-6-8-11-14/h4,6-11,15H,1,5,12H2,2-3H3. The van der Waals surface area contributed by atoms with Gasteiger partial charge in [-0.1, -0.05) is 56.0 Å². The summed E-state index contributed by atoms with van der Waals surface area (Å²) in [5.74, 6) is 0. The van der Waals surface area contributed by atoms with Crippen molar-refractivity contribution in [3.63, 3.8) is 0 Å². The highest BCUT2D eigenvalue weighted by Gasteiger charge is 2.07. The van der Waals surface area contributed by atoms with Gasteiger partial charge in [-0.25, -0.2) is 0 Å². The normalized spacial score (nSPS) is 13.5. The van der Waals surface area contributed by atoms with E-state index in [0.29, 0.717) is 6.61 Å². The highest BCUT2D eigenvalue weighted by Crippen LogP contribution is 2.13. The predicted molar refractivity (Wildman–Crippen MR) is 69.3 cm³/mol. The molecule has 16 heavy (non-hydrogen) atoms. The second-order valence-corrected chi connectivity index (χ2v) is 3.84. The van der Waals surface area contributed by atoms with Crippen molar-refractivity contribution in [3.8, 4) is 0 Å². The molecule has 0 amide bonds.